The first kappa shape index (κ1) is 16.4. The largest absolute Gasteiger partial charge is 0.229 e. The standard InChI is InChI=1S/C8H12I2O4S4/c9-5-1-17(11,12)3-7(5)15-16-8-4-18(13,14)2-6(8)10/h5-8H,1-4H2/t5-,6+,7+,8-. The van der Waals surface area contributed by atoms with Gasteiger partial charge in [0.25, 0.3) is 0 Å². The van der Waals surface area contributed by atoms with Crippen LogP contribution in [-0.4, -0.2) is 58.2 Å². The second-order valence-electron chi connectivity index (χ2n) is 4.46. The van der Waals surface area contributed by atoms with Gasteiger partial charge in [0.05, 0.1) is 23.0 Å². The van der Waals surface area contributed by atoms with Gasteiger partial charge >= 0.3 is 0 Å². The molecule has 0 amide bonds. The van der Waals surface area contributed by atoms with Crippen molar-refractivity contribution in [2.75, 3.05) is 23.0 Å². The van der Waals surface area contributed by atoms with Gasteiger partial charge in [-0.05, 0) is 0 Å². The lowest BCUT2D eigenvalue weighted by molar-refractivity contribution is 0.600. The average Bonchev–Trinajstić information content (AvgIpc) is 2.59. The van der Waals surface area contributed by atoms with Crippen molar-refractivity contribution in [3.63, 3.8) is 0 Å². The van der Waals surface area contributed by atoms with Gasteiger partial charge in [-0.2, -0.15) is 0 Å². The monoisotopic (exact) mass is 554 g/mol. The highest BCUT2D eigenvalue weighted by molar-refractivity contribution is 14.1. The number of sulfone groups is 2. The van der Waals surface area contributed by atoms with E-state index in [2.05, 4.69) is 45.2 Å². The molecule has 0 N–H and O–H groups in total. The van der Waals surface area contributed by atoms with Gasteiger partial charge < -0.3 is 0 Å². The third-order valence-electron chi connectivity index (χ3n) is 2.77. The molecule has 0 aromatic heterocycles. The SMILES string of the molecule is O=S1(=O)C[C@@H](I)[C@@H](SS[C@@H]2CS(=O)(=O)C[C@@H]2I)C1. The molecule has 0 aromatic rings. The van der Waals surface area contributed by atoms with Gasteiger partial charge in [0.2, 0.25) is 0 Å². The average molecular weight is 554 g/mol. The van der Waals surface area contributed by atoms with Crippen molar-refractivity contribution in [2.45, 2.75) is 18.3 Å². The van der Waals surface area contributed by atoms with Crippen molar-refractivity contribution >= 4 is 86.4 Å². The molecule has 0 spiro atoms. The maximum Gasteiger partial charge on any atom is 0.152 e. The molecule has 2 fully saturated rings. The molecule has 0 aliphatic carbocycles. The molecule has 0 bridgehead atoms. The molecule has 2 heterocycles. The van der Waals surface area contributed by atoms with E-state index in [9.17, 15) is 16.8 Å². The zero-order valence-electron chi connectivity index (χ0n) is 9.16. The molecule has 2 rings (SSSR count). The molecule has 2 aliphatic rings. The maximum absolute atomic E-state index is 11.5. The zero-order chi connectivity index (χ0) is 13.6. The minimum Gasteiger partial charge on any atom is -0.229 e. The summed E-state index contributed by atoms with van der Waals surface area (Å²) in [7, 11) is -2.66. The van der Waals surface area contributed by atoms with Crippen LogP contribution < -0.4 is 0 Å². The van der Waals surface area contributed by atoms with Crippen molar-refractivity contribution < 1.29 is 16.8 Å². The molecule has 0 aromatic carbocycles. The lowest BCUT2D eigenvalue weighted by Gasteiger charge is -2.15. The highest BCUT2D eigenvalue weighted by atomic mass is 127. The molecule has 4 atom stereocenters. The highest BCUT2D eigenvalue weighted by Crippen LogP contribution is 2.43. The number of halogens is 2. The Morgan fingerprint density at radius 1 is 0.722 bits per heavy atom. The summed E-state index contributed by atoms with van der Waals surface area (Å²) in [6.07, 6.45) is 0. The third-order valence-corrected chi connectivity index (χ3v) is 14.9. The van der Waals surface area contributed by atoms with E-state index < -0.39 is 19.7 Å². The van der Waals surface area contributed by atoms with Gasteiger partial charge in [0.15, 0.2) is 19.7 Å². The van der Waals surface area contributed by atoms with E-state index in [4.69, 9.17) is 0 Å². The Hall–Kier alpha value is 2.06. The summed E-state index contributed by atoms with van der Waals surface area (Å²) in [5.41, 5.74) is 0. The fraction of sp³-hybridized carbons (Fsp3) is 1.00. The summed E-state index contributed by atoms with van der Waals surface area (Å²) >= 11 is 4.37. The smallest absolute Gasteiger partial charge is 0.152 e. The summed E-state index contributed by atoms with van der Waals surface area (Å²) in [6.45, 7) is 0. The van der Waals surface area contributed by atoms with E-state index in [0.717, 1.165) is 0 Å². The third kappa shape index (κ3) is 4.28. The van der Waals surface area contributed by atoms with Gasteiger partial charge in [-0.1, -0.05) is 66.8 Å². The van der Waals surface area contributed by atoms with E-state index in [1.54, 1.807) is 21.6 Å². The number of alkyl halides is 2. The van der Waals surface area contributed by atoms with Crippen LogP contribution in [0.2, 0.25) is 0 Å². The summed E-state index contributed by atoms with van der Waals surface area (Å²) < 4.78 is 46.2. The van der Waals surface area contributed by atoms with Gasteiger partial charge in [0.1, 0.15) is 0 Å². The van der Waals surface area contributed by atoms with Crippen LogP contribution in [0.3, 0.4) is 0 Å². The van der Waals surface area contributed by atoms with Crippen molar-refractivity contribution in [1.29, 1.82) is 0 Å². The van der Waals surface area contributed by atoms with E-state index in [0.29, 0.717) is 0 Å². The van der Waals surface area contributed by atoms with E-state index >= 15 is 0 Å². The molecule has 10 heteroatoms. The Balaban J connectivity index is 1.90. The second kappa shape index (κ2) is 6.05. The first-order chi connectivity index (χ1) is 8.19. The first-order valence-electron chi connectivity index (χ1n) is 5.20. The summed E-state index contributed by atoms with van der Waals surface area (Å²) in [5.74, 6) is 0.956. The molecule has 2 aliphatic heterocycles. The lowest BCUT2D eigenvalue weighted by Crippen LogP contribution is -2.16. The van der Waals surface area contributed by atoms with Gasteiger partial charge in [-0.25, -0.2) is 16.8 Å². The van der Waals surface area contributed by atoms with Crippen LogP contribution in [-0.2, 0) is 19.7 Å². The fourth-order valence-electron chi connectivity index (χ4n) is 1.86. The molecule has 106 valence electrons. The van der Waals surface area contributed by atoms with E-state index in [1.165, 1.54) is 0 Å². The van der Waals surface area contributed by atoms with Crippen molar-refractivity contribution in [3.8, 4) is 0 Å². The summed E-state index contributed by atoms with van der Waals surface area (Å²) in [4.78, 5) is 0. The van der Waals surface area contributed by atoms with Crippen LogP contribution in [0.1, 0.15) is 0 Å². The Labute approximate surface area is 143 Å². The Bertz CT molecular complexity index is 469. The Morgan fingerprint density at radius 2 is 1.06 bits per heavy atom. The first-order valence-corrected chi connectivity index (χ1v) is 13.6. The van der Waals surface area contributed by atoms with Crippen molar-refractivity contribution in [3.05, 3.63) is 0 Å². The van der Waals surface area contributed by atoms with Crippen LogP contribution in [0.4, 0.5) is 0 Å². The van der Waals surface area contributed by atoms with Gasteiger partial charge in [0, 0.05) is 18.3 Å². The minimum atomic E-state index is -2.89. The van der Waals surface area contributed by atoms with Gasteiger partial charge in [-0.15, -0.1) is 0 Å². The molecule has 18 heavy (non-hydrogen) atoms. The number of rotatable bonds is 3. The summed E-state index contributed by atoms with van der Waals surface area (Å²) in [6, 6.07) is 0. The van der Waals surface area contributed by atoms with Crippen LogP contribution in [0, 0.1) is 0 Å². The zero-order valence-corrected chi connectivity index (χ0v) is 16.7. The topological polar surface area (TPSA) is 68.3 Å². The number of hydrogen-bond donors (Lipinski definition) is 0. The molecule has 0 saturated carbocycles. The molecular formula is C8H12I2O4S4. The van der Waals surface area contributed by atoms with Crippen molar-refractivity contribution in [2.24, 2.45) is 0 Å². The van der Waals surface area contributed by atoms with E-state index in [-0.39, 0.29) is 41.4 Å². The lowest BCUT2D eigenvalue weighted by atomic mass is 10.4. The quantitative estimate of drug-likeness (QED) is 0.300. The van der Waals surface area contributed by atoms with Crippen molar-refractivity contribution in [1.82, 2.24) is 0 Å². The van der Waals surface area contributed by atoms with Crippen LogP contribution >= 0.6 is 66.8 Å². The maximum atomic E-state index is 11.5. The Kier molecular flexibility index (Phi) is 5.52. The van der Waals surface area contributed by atoms with Crippen LogP contribution in [0.5, 0.6) is 0 Å². The second-order valence-corrected chi connectivity index (χ2v) is 14.7. The normalized spacial score (nSPS) is 42.1. The minimum absolute atomic E-state index is 0.0903. The Morgan fingerprint density at radius 3 is 1.28 bits per heavy atom. The van der Waals surface area contributed by atoms with Crippen LogP contribution in [0.15, 0.2) is 0 Å². The predicted octanol–water partition coefficient (Wildman–Crippen LogP) is 1.57. The molecular weight excluding hydrogens is 542 g/mol. The molecule has 0 unspecified atom stereocenters. The molecule has 0 radical (unpaired) electrons. The predicted molar refractivity (Wildman–Crippen MR) is 95.7 cm³/mol. The fourth-order valence-corrected chi connectivity index (χ4v) is 16.9. The summed E-state index contributed by atoms with van der Waals surface area (Å²) in [5, 5.41) is 0.181. The molecule has 2 saturated heterocycles. The molecule has 4 nitrogen and oxygen atoms in total. The van der Waals surface area contributed by atoms with Gasteiger partial charge in [-0.3, -0.25) is 0 Å². The van der Waals surface area contributed by atoms with Crippen LogP contribution in [0.25, 0.3) is 0 Å². The number of hydrogen-bond acceptors (Lipinski definition) is 6. The van der Waals surface area contributed by atoms with E-state index in [1.807, 2.05) is 0 Å². The highest BCUT2D eigenvalue weighted by Gasteiger charge is 2.40.